The van der Waals surface area contributed by atoms with E-state index in [-0.39, 0.29) is 22.8 Å². The van der Waals surface area contributed by atoms with Gasteiger partial charge in [-0.1, -0.05) is 0 Å². The zero-order chi connectivity index (χ0) is 14.7. The Morgan fingerprint density at radius 3 is 2.55 bits per heavy atom. The molecule has 0 saturated heterocycles. The van der Waals surface area contributed by atoms with Crippen molar-refractivity contribution < 1.29 is 27.9 Å². The average Bonchev–Trinajstić information content (AvgIpc) is 2.94. The van der Waals surface area contributed by atoms with Crippen molar-refractivity contribution in [3.63, 3.8) is 0 Å². The molecule has 0 amide bonds. The molecule has 0 unspecified atom stereocenters. The Bertz CT molecular complexity index is 660. The smallest absolute Gasteiger partial charge is 0.344 e. The molecule has 6 heteroatoms. The van der Waals surface area contributed by atoms with Crippen LogP contribution in [0.5, 0.6) is 5.75 Å². The van der Waals surface area contributed by atoms with Crippen LogP contribution in [0.25, 0.3) is 11.3 Å². The van der Waals surface area contributed by atoms with Gasteiger partial charge in [-0.3, -0.25) is 4.79 Å². The van der Waals surface area contributed by atoms with Crippen LogP contribution in [0.1, 0.15) is 20.9 Å². The maximum absolute atomic E-state index is 13.8. The molecule has 1 aromatic carbocycles. The lowest BCUT2D eigenvalue weighted by atomic mass is 10.1. The molecule has 0 atom stereocenters. The van der Waals surface area contributed by atoms with Crippen molar-refractivity contribution in [1.29, 1.82) is 0 Å². The van der Waals surface area contributed by atoms with E-state index in [4.69, 9.17) is 9.15 Å². The molecule has 5 nitrogen and oxygen atoms in total. The highest BCUT2D eigenvalue weighted by molar-refractivity contribution is 5.95. The Kier molecular flexibility index (Phi) is 3.84. The standard InChI is InChI=1S/C14H11FO5/c1-18-13-9(11-6-3-8(7-16)20-11)4-5-10(15)12(13)14(17)19-2/h3-7H,1-2H3. The Labute approximate surface area is 113 Å². The summed E-state index contributed by atoms with van der Waals surface area (Å²) in [7, 11) is 2.44. The fraction of sp³-hybridized carbons (Fsp3) is 0.143. The van der Waals surface area contributed by atoms with E-state index in [1.54, 1.807) is 0 Å². The number of aldehydes is 1. The fourth-order valence-corrected chi connectivity index (χ4v) is 1.82. The summed E-state index contributed by atoms with van der Waals surface area (Å²) in [5.74, 6) is -1.23. The van der Waals surface area contributed by atoms with Crippen LogP contribution in [0.15, 0.2) is 28.7 Å². The summed E-state index contributed by atoms with van der Waals surface area (Å²) >= 11 is 0. The number of benzene rings is 1. The largest absolute Gasteiger partial charge is 0.495 e. The first-order chi connectivity index (χ1) is 9.62. The zero-order valence-electron chi connectivity index (χ0n) is 10.8. The Morgan fingerprint density at radius 1 is 1.25 bits per heavy atom. The normalized spacial score (nSPS) is 10.2. The molecule has 0 saturated carbocycles. The molecule has 0 spiro atoms. The summed E-state index contributed by atoms with van der Waals surface area (Å²) in [6.45, 7) is 0. The molecule has 0 N–H and O–H groups in total. The molecular weight excluding hydrogens is 267 g/mol. The zero-order valence-corrected chi connectivity index (χ0v) is 10.8. The third-order valence-electron chi connectivity index (χ3n) is 2.71. The van der Waals surface area contributed by atoms with Gasteiger partial charge < -0.3 is 13.9 Å². The molecule has 104 valence electrons. The maximum atomic E-state index is 13.8. The van der Waals surface area contributed by atoms with Gasteiger partial charge in [0.05, 0.1) is 19.8 Å². The van der Waals surface area contributed by atoms with Crippen molar-refractivity contribution in [2.24, 2.45) is 0 Å². The SMILES string of the molecule is COC(=O)c1c(F)ccc(-c2ccc(C=O)o2)c1OC. The Hall–Kier alpha value is -2.63. The lowest BCUT2D eigenvalue weighted by molar-refractivity contribution is 0.0591. The van der Waals surface area contributed by atoms with Gasteiger partial charge in [0, 0.05) is 0 Å². The number of rotatable bonds is 4. The number of halogens is 1. The second-order valence-corrected chi connectivity index (χ2v) is 3.81. The van der Waals surface area contributed by atoms with Crippen LogP contribution < -0.4 is 4.74 Å². The molecule has 0 fully saturated rings. The van der Waals surface area contributed by atoms with Crippen molar-refractivity contribution in [3.05, 3.63) is 41.4 Å². The molecule has 1 aromatic heterocycles. The third kappa shape index (κ3) is 2.27. The number of ether oxygens (including phenoxy) is 2. The number of hydrogen-bond donors (Lipinski definition) is 0. The summed E-state index contributed by atoms with van der Waals surface area (Å²) < 4.78 is 28.6. The molecule has 0 aliphatic rings. The topological polar surface area (TPSA) is 65.7 Å². The quantitative estimate of drug-likeness (QED) is 0.635. The van der Waals surface area contributed by atoms with Crippen molar-refractivity contribution in [3.8, 4) is 17.1 Å². The second kappa shape index (κ2) is 5.56. The first kappa shape index (κ1) is 13.8. The van der Waals surface area contributed by atoms with E-state index in [2.05, 4.69) is 4.74 Å². The molecule has 20 heavy (non-hydrogen) atoms. The van der Waals surface area contributed by atoms with Gasteiger partial charge in [-0.25, -0.2) is 9.18 Å². The van der Waals surface area contributed by atoms with Crippen LogP contribution in [0.3, 0.4) is 0 Å². The number of furan rings is 1. The van der Waals surface area contributed by atoms with Gasteiger partial charge >= 0.3 is 5.97 Å². The van der Waals surface area contributed by atoms with E-state index >= 15 is 0 Å². The van der Waals surface area contributed by atoms with Crippen LogP contribution in [-0.4, -0.2) is 26.5 Å². The number of carbonyl (C=O) groups is 2. The van der Waals surface area contributed by atoms with Gasteiger partial charge in [0.15, 0.2) is 12.0 Å². The van der Waals surface area contributed by atoms with Gasteiger partial charge in [-0.05, 0) is 24.3 Å². The van der Waals surface area contributed by atoms with E-state index in [1.807, 2.05) is 0 Å². The van der Waals surface area contributed by atoms with Crippen LogP contribution in [0, 0.1) is 5.82 Å². The minimum Gasteiger partial charge on any atom is -0.495 e. The fourth-order valence-electron chi connectivity index (χ4n) is 1.82. The van der Waals surface area contributed by atoms with Gasteiger partial charge in [-0.2, -0.15) is 0 Å². The summed E-state index contributed by atoms with van der Waals surface area (Å²) in [4.78, 5) is 22.3. The Morgan fingerprint density at radius 2 is 2.00 bits per heavy atom. The van der Waals surface area contributed by atoms with Gasteiger partial charge in [-0.15, -0.1) is 0 Å². The summed E-state index contributed by atoms with van der Waals surface area (Å²) in [5.41, 5.74) is 0.0268. The second-order valence-electron chi connectivity index (χ2n) is 3.81. The summed E-state index contributed by atoms with van der Waals surface area (Å²) in [6.07, 6.45) is 0.542. The molecular formula is C14H11FO5. The van der Waals surface area contributed by atoms with Crippen LogP contribution >= 0.6 is 0 Å². The van der Waals surface area contributed by atoms with E-state index in [0.29, 0.717) is 11.8 Å². The number of hydrogen-bond acceptors (Lipinski definition) is 5. The van der Waals surface area contributed by atoms with Crippen molar-refractivity contribution in [2.45, 2.75) is 0 Å². The van der Waals surface area contributed by atoms with E-state index in [0.717, 1.165) is 13.2 Å². The van der Waals surface area contributed by atoms with Gasteiger partial charge in [0.25, 0.3) is 0 Å². The van der Waals surface area contributed by atoms with Crippen molar-refractivity contribution >= 4 is 12.3 Å². The molecule has 0 aliphatic heterocycles. The lowest BCUT2D eigenvalue weighted by Crippen LogP contribution is -2.08. The highest BCUT2D eigenvalue weighted by Gasteiger charge is 2.23. The van der Waals surface area contributed by atoms with Crippen LogP contribution in [0.4, 0.5) is 4.39 Å². The van der Waals surface area contributed by atoms with Gasteiger partial charge in [0.1, 0.15) is 22.9 Å². The molecule has 0 radical (unpaired) electrons. The molecule has 0 bridgehead atoms. The molecule has 2 rings (SSSR count). The van der Waals surface area contributed by atoms with Crippen LogP contribution in [-0.2, 0) is 4.74 Å². The number of methoxy groups -OCH3 is 2. The van der Waals surface area contributed by atoms with Gasteiger partial charge in [0.2, 0.25) is 0 Å². The highest BCUT2D eigenvalue weighted by atomic mass is 19.1. The number of carbonyl (C=O) groups excluding carboxylic acids is 2. The third-order valence-corrected chi connectivity index (χ3v) is 2.71. The summed E-state index contributed by atoms with van der Waals surface area (Å²) in [6, 6.07) is 5.49. The first-order valence-corrected chi connectivity index (χ1v) is 5.62. The minimum atomic E-state index is -0.858. The van der Waals surface area contributed by atoms with E-state index < -0.39 is 11.8 Å². The first-order valence-electron chi connectivity index (χ1n) is 5.62. The molecule has 2 aromatic rings. The molecule has 0 aliphatic carbocycles. The van der Waals surface area contributed by atoms with Crippen LogP contribution in [0.2, 0.25) is 0 Å². The molecule has 1 heterocycles. The minimum absolute atomic E-state index is 0.0105. The maximum Gasteiger partial charge on any atom is 0.344 e. The Balaban J connectivity index is 2.64. The van der Waals surface area contributed by atoms with Crippen molar-refractivity contribution in [1.82, 2.24) is 0 Å². The predicted molar refractivity (Wildman–Crippen MR) is 67.4 cm³/mol. The summed E-state index contributed by atoms with van der Waals surface area (Å²) in [5, 5.41) is 0. The highest BCUT2D eigenvalue weighted by Crippen LogP contribution is 2.35. The lowest BCUT2D eigenvalue weighted by Gasteiger charge is -2.11. The van der Waals surface area contributed by atoms with Crippen molar-refractivity contribution in [2.75, 3.05) is 14.2 Å². The van der Waals surface area contributed by atoms with E-state index in [9.17, 15) is 14.0 Å². The average molecular weight is 278 g/mol. The number of esters is 1. The monoisotopic (exact) mass is 278 g/mol. The van der Waals surface area contributed by atoms with E-state index in [1.165, 1.54) is 25.3 Å². The predicted octanol–water partition coefficient (Wildman–Crippen LogP) is 2.69.